The Kier molecular flexibility index (Phi) is 14.7. The lowest BCUT2D eigenvalue weighted by molar-refractivity contribution is 0.0380. The molecule has 0 amide bonds. The van der Waals surface area contributed by atoms with E-state index < -0.39 is 12.2 Å². The molecule has 0 aromatic heterocycles. The quantitative estimate of drug-likeness (QED) is 0.338. The molecule has 3 heteroatoms. The van der Waals surface area contributed by atoms with Crippen molar-refractivity contribution in [2.45, 2.75) is 89.8 Å². The van der Waals surface area contributed by atoms with Crippen LogP contribution < -0.4 is 0 Å². The molecule has 0 saturated heterocycles. The third kappa shape index (κ3) is 14.0. The fraction of sp³-hybridized carbons (Fsp3) is 0.882. The number of aliphatic hydroxyl groups is 3. The second-order valence-electron chi connectivity index (χ2n) is 5.66. The maximum atomic E-state index is 9.62. The lowest BCUT2D eigenvalue weighted by Gasteiger charge is -2.13. The maximum absolute atomic E-state index is 9.62. The van der Waals surface area contributed by atoms with Gasteiger partial charge in [-0.1, -0.05) is 57.6 Å². The Morgan fingerprint density at radius 3 is 2.00 bits per heavy atom. The molecule has 3 N–H and O–H groups in total. The van der Waals surface area contributed by atoms with Crippen molar-refractivity contribution in [2.75, 3.05) is 6.61 Å². The van der Waals surface area contributed by atoms with Gasteiger partial charge in [0.2, 0.25) is 0 Å². The molecule has 0 aliphatic heterocycles. The van der Waals surface area contributed by atoms with Gasteiger partial charge in [-0.2, -0.15) is 0 Å². The number of rotatable bonds is 14. The minimum absolute atomic E-state index is 0.259. The molecule has 0 bridgehead atoms. The standard InChI is InChI=1S/C17H34O3/c1-2-3-4-5-6-7-8-9-10-11-12-13-16(19)14-17(20)15-18/h3-4,16-20H,2,5-15H2,1H3/b4-3+/t16-,17-/m0/s1. The van der Waals surface area contributed by atoms with Crippen molar-refractivity contribution in [2.24, 2.45) is 0 Å². The van der Waals surface area contributed by atoms with E-state index in [2.05, 4.69) is 19.1 Å². The van der Waals surface area contributed by atoms with Crippen LogP contribution in [0, 0.1) is 0 Å². The van der Waals surface area contributed by atoms with E-state index in [9.17, 15) is 10.2 Å². The first-order chi connectivity index (χ1) is 9.70. The highest BCUT2D eigenvalue weighted by molar-refractivity contribution is 4.79. The van der Waals surface area contributed by atoms with Crippen molar-refractivity contribution >= 4 is 0 Å². The molecule has 0 unspecified atom stereocenters. The monoisotopic (exact) mass is 286 g/mol. The molecule has 0 aromatic rings. The molecule has 0 aliphatic rings. The van der Waals surface area contributed by atoms with Crippen LogP contribution in [0.1, 0.15) is 77.6 Å². The Balaban J connectivity index is 3.18. The molecule has 0 aromatic carbocycles. The molecular formula is C17H34O3. The Morgan fingerprint density at radius 2 is 1.40 bits per heavy atom. The van der Waals surface area contributed by atoms with Gasteiger partial charge in [-0.3, -0.25) is 0 Å². The summed E-state index contributed by atoms with van der Waals surface area (Å²) in [6.45, 7) is 1.91. The van der Waals surface area contributed by atoms with Gasteiger partial charge >= 0.3 is 0 Å². The molecule has 3 nitrogen and oxygen atoms in total. The van der Waals surface area contributed by atoms with Crippen LogP contribution in [0.5, 0.6) is 0 Å². The van der Waals surface area contributed by atoms with Gasteiger partial charge in [0.15, 0.2) is 0 Å². The molecular weight excluding hydrogens is 252 g/mol. The molecule has 20 heavy (non-hydrogen) atoms. The van der Waals surface area contributed by atoms with Gasteiger partial charge in [-0.15, -0.1) is 0 Å². The Morgan fingerprint density at radius 1 is 0.800 bits per heavy atom. The normalized spacial score (nSPS) is 14.8. The van der Waals surface area contributed by atoms with E-state index in [4.69, 9.17) is 5.11 Å². The third-order valence-corrected chi connectivity index (χ3v) is 3.57. The molecule has 0 saturated carbocycles. The third-order valence-electron chi connectivity index (χ3n) is 3.57. The molecule has 0 fully saturated rings. The number of hydrogen-bond donors (Lipinski definition) is 3. The highest BCUT2D eigenvalue weighted by Gasteiger charge is 2.10. The summed E-state index contributed by atoms with van der Waals surface area (Å²) in [6.07, 6.45) is 15.3. The Hall–Kier alpha value is -0.380. The van der Waals surface area contributed by atoms with Gasteiger partial charge in [0.25, 0.3) is 0 Å². The lowest BCUT2D eigenvalue weighted by Crippen LogP contribution is -2.20. The Bertz CT molecular complexity index is 216. The van der Waals surface area contributed by atoms with Crippen LogP contribution in [0.2, 0.25) is 0 Å². The van der Waals surface area contributed by atoms with Gasteiger partial charge in [0.1, 0.15) is 0 Å². The summed E-state index contributed by atoms with van der Waals surface area (Å²) >= 11 is 0. The van der Waals surface area contributed by atoms with Crippen molar-refractivity contribution in [3.8, 4) is 0 Å². The van der Waals surface area contributed by atoms with Gasteiger partial charge in [0.05, 0.1) is 18.8 Å². The van der Waals surface area contributed by atoms with Gasteiger partial charge in [0, 0.05) is 6.42 Å². The number of allylic oxidation sites excluding steroid dienone is 2. The van der Waals surface area contributed by atoms with Gasteiger partial charge < -0.3 is 15.3 Å². The van der Waals surface area contributed by atoms with E-state index in [1.54, 1.807) is 0 Å². The summed E-state index contributed by atoms with van der Waals surface area (Å²) in [5, 5.41) is 27.5. The average molecular weight is 286 g/mol. The molecule has 0 aliphatic carbocycles. The summed E-state index contributed by atoms with van der Waals surface area (Å²) in [5.41, 5.74) is 0. The fourth-order valence-electron chi connectivity index (χ4n) is 2.32. The van der Waals surface area contributed by atoms with E-state index in [1.165, 1.54) is 38.5 Å². The Labute approximate surface area is 124 Å². The summed E-state index contributed by atoms with van der Waals surface area (Å²) in [5.74, 6) is 0. The van der Waals surface area contributed by atoms with Crippen LogP contribution in [0.3, 0.4) is 0 Å². The predicted molar refractivity (Wildman–Crippen MR) is 84.7 cm³/mol. The van der Waals surface area contributed by atoms with Gasteiger partial charge in [-0.25, -0.2) is 0 Å². The average Bonchev–Trinajstić information content (AvgIpc) is 2.44. The molecule has 0 spiro atoms. The number of aliphatic hydroxyl groups excluding tert-OH is 3. The summed E-state index contributed by atoms with van der Waals surface area (Å²) in [6, 6.07) is 0. The van der Waals surface area contributed by atoms with Crippen LogP contribution in [0.25, 0.3) is 0 Å². The summed E-state index contributed by atoms with van der Waals surface area (Å²) in [4.78, 5) is 0. The largest absolute Gasteiger partial charge is 0.394 e. The van der Waals surface area contributed by atoms with Crippen LogP contribution in [-0.2, 0) is 0 Å². The van der Waals surface area contributed by atoms with Crippen molar-refractivity contribution in [3.63, 3.8) is 0 Å². The van der Waals surface area contributed by atoms with E-state index >= 15 is 0 Å². The first kappa shape index (κ1) is 19.6. The van der Waals surface area contributed by atoms with Crippen LogP contribution in [0.4, 0.5) is 0 Å². The molecule has 2 atom stereocenters. The van der Waals surface area contributed by atoms with Crippen LogP contribution in [-0.4, -0.2) is 34.1 Å². The zero-order chi connectivity index (χ0) is 15.1. The number of unbranched alkanes of at least 4 members (excludes halogenated alkanes) is 7. The summed E-state index contributed by atoms with van der Waals surface area (Å²) in [7, 11) is 0. The maximum Gasteiger partial charge on any atom is 0.0795 e. The second-order valence-corrected chi connectivity index (χ2v) is 5.66. The first-order valence-electron chi connectivity index (χ1n) is 8.32. The van der Waals surface area contributed by atoms with Crippen molar-refractivity contribution < 1.29 is 15.3 Å². The van der Waals surface area contributed by atoms with Crippen LogP contribution >= 0.6 is 0 Å². The fourth-order valence-corrected chi connectivity index (χ4v) is 2.32. The molecule has 120 valence electrons. The minimum Gasteiger partial charge on any atom is -0.394 e. The van der Waals surface area contributed by atoms with E-state index in [0.29, 0.717) is 6.42 Å². The second kappa shape index (κ2) is 15.0. The zero-order valence-electron chi connectivity index (χ0n) is 13.1. The predicted octanol–water partition coefficient (Wildman–Crippen LogP) is 3.57. The smallest absolute Gasteiger partial charge is 0.0795 e. The van der Waals surface area contributed by atoms with Crippen molar-refractivity contribution in [1.29, 1.82) is 0 Å². The van der Waals surface area contributed by atoms with E-state index in [-0.39, 0.29) is 6.61 Å². The van der Waals surface area contributed by atoms with Crippen molar-refractivity contribution in [1.82, 2.24) is 0 Å². The minimum atomic E-state index is -0.772. The SMILES string of the molecule is CC/C=C/CCCCCCCCC[C@H](O)C[C@H](O)CO. The highest BCUT2D eigenvalue weighted by atomic mass is 16.3. The zero-order valence-corrected chi connectivity index (χ0v) is 13.1. The number of hydrogen-bond acceptors (Lipinski definition) is 3. The molecule has 0 rings (SSSR count). The van der Waals surface area contributed by atoms with E-state index in [0.717, 1.165) is 25.7 Å². The molecule has 0 radical (unpaired) electrons. The van der Waals surface area contributed by atoms with E-state index in [1.807, 2.05) is 0 Å². The van der Waals surface area contributed by atoms with Gasteiger partial charge in [-0.05, 0) is 25.7 Å². The first-order valence-corrected chi connectivity index (χ1v) is 8.32. The topological polar surface area (TPSA) is 60.7 Å². The van der Waals surface area contributed by atoms with Crippen molar-refractivity contribution in [3.05, 3.63) is 12.2 Å². The molecule has 0 heterocycles. The lowest BCUT2D eigenvalue weighted by atomic mass is 10.0. The summed E-state index contributed by atoms with van der Waals surface area (Å²) < 4.78 is 0. The highest BCUT2D eigenvalue weighted by Crippen LogP contribution is 2.12. The van der Waals surface area contributed by atoms with Crippen LogP contribution in [0.15, 0.2) is 12.2 Å².